The quantitative estimate of drug-likeness (QED) is 0.925. The first-order chi connectivity index (χ1) is 10.2. The third-order valence-electron chi connectivity index (χ3n) is 4.22. The van der Waals surface area contributed by atoms with Crippen molar-refractivity contribution in [3.8, 4) is 5.88 Å². The molecule has 0 radical (unpaired) electrons. The van der Waals surface area contributed by atoms with Crippen LogP contribution in [0.25, 0.3) is 0 Å². The number of methoxy groups -OCH3 is 1. The molecule has 1 aromatic rings. The number of aromatic nitrogens is 1. The molecule has 0 aromatic carbocycles. The highest BCUT2D eigenvalue weighted by atomic mass is 32.2. The number of thioether (sulfide) groups is 1. The zero-order valence-electron chi connectivity index (χ0n) is 12.2. The summed E-state index contributed by atoms with van der Waals surface area (Å²) in [4.78, 5) is 17.9. The van der Waals surface area contributed by atoms with E-state index in [-0.39, 0.29) is 5.92 Å². The van der Waals surface area contributed by atoms with Crippen molar-refractivity contribution in [2.24, 2.45) is 5.92 Å². The van der Waals surface area contributed by atoms with Crippen LogP contribution in [-0.2, 0) is 11.2 Å². The number of carbonyl (C=O) groups is 1. The van der Waals surface area contributed by atoms with Crippen molar-refractivity contribution in [2.45, 2.75) is 30.7 Å². The van der Waals surface area contributed by atoms with E-state index < -0.39 is 5.97 Å². The molecule has 21 heavy (non-hydrogen) atoms. The summed E-state index contributed by atoms with van der Waals surface area (Å²) in [6, 6.07) is 2.19. The fourth-order valence-electron chi connectivity index (χ4n) is 2.99. The Morgan fingerprint density at radius 3 is 2.90 bits per heavy atom. The van der Waals surface area contributed by atoms with Gasteiger partial charge in [0.15, 0.2) is 0 Å². The third kappa shape index (κ3) is 2.95. The molecule has 0 spiro atoms. The normalized spacial score (nSPS) is 19.2. The Morgan fingerprint density at radius 1 is 1.48 bits per heavy atom. The van der Waals surface area contributed by atoms with Crippen LogP contribution in [0.3, 0.4) is 0 Å². The number of carboxylic acids is 1. The Balaban J connectivity index is 1.83. The number of carboxylic acid groups (broad SMARTS) is 1. The minimum atomic E-state index is -0.679. The second kappa shape index (κ2) is 6.13. The lowest BCUT2D eigenvalue weighted by atomic mass is 9.96. The van der Waals surface area contributed by atoms with E-state index in [0.29, 0.717) is 18.7 Å². The molecule has 6 heteroatoms. The highest BCUT2D eigenvalue weighted by Crippen LogP contribution is 2.37. The maximum atomic E-state index is 11.1. The molecule has 0 unspecified atom stereocenters. The maximum absolute atomic E-state index is 11.1. The Kier molecular flexibility index (Phi) is 4.24. The number of nitrogens with zero attached hydrogens (tertiary/aromatic N) is 2. The molecule has 1 N–H and O–H groups in total. The number of aliphatic carboxylic acids is 1. The Labute approximate surface area is 128 Å². The predicted octanol–water partition coefficient (Wildman–Crippen LogP) is 2.43. The summed E-state index contributed by atoms with van der Waals surface area (Å²) < 4.78 is 5.46. The Bertz CT molecular complexity index is 542. The standard InChI is InChI=1S/C15H20N2O3S/c1-20-13-12(9-11-3-2-8-21-14(11)16-13)17-6-4-10(5-7-17)15(18)19/h9-10H,2-8H2,1H3,(H,18,19). The van der Waals surface area contributed by atoms with Gasteiger partial charge in [-0.25, -0.2) is 4.98 Å². The number of aryl methyl sites for hydroxylation is 1. The number of pyridine rings is 1. The van der Waals surface area contributed by atoms with E-state index in [0.717, 1.165) is 36.0 Å². The van der Waals surface area contributed by atoms with Crippen molar-refractivity contribution >= 4 is 23.4 Å². The molecule has 2 aliphatic heterocycles. The number of piperidine rings is 1. The molecule has 1 fully saturated rings. The van der Waals surface area contributed by atoms with E-state index in [4.69, 9.17) is 9.84 Å². The van der Waals surface area contributed by atoms with Gasteiger partial charge in [0.25, 0.3) is 0 Å². The number of fused-ring (bicyclic) bond motifs is 1. The van der Waals surface area contributed by atoms with Gasteiger partial charge in [-0.2, -0.15) is 0 Å². The molecule has 2 aliphatic rings. The summed E-state index contributed by atoms with van der Waals surface area (Å²) in [6.07, 6.45) is 3.62. The largest absolute Gasteiger partial charge is 0.481 e. The summed E-state index contributed by atoms with van der Waals surface area (Å²) in [5.41, 5.74) is 2.31. The lowest BCUT2D eigenvalue weighted by Gasteiger charge is -2.33. The molecular weight excluding hydrogens is 288 g/mol. The molecule has 0 amide bonds. The van der Waals surface area contributed by atoms with Crippen molar-refractivity contribution < 1.29 is 14.6 Å². The smallest absolute Gasteiger partial charge is 0.306 e. The van der Waals surface area contributed by atoms with Crippen LogP contribution in [-0.4, -0.2) is 42.0 Å². The van der Waals surface area contributed by atoms with Crippen LogP contribution in [0.5, 0.6) is 5.88 Å². The zero-order valence-corrected chi connectivity index (χ0v) is 13.0. The van der Waals surface area contributed by atoms with Gasteiger partial charge >= 0.3 is 5.97 Å². The van der Waals surface area contributed by atoms with Crippen LogP contribution >= 0.6 is 11.8 Å². The average molecular weight is 308 g/mol. The second-order valence-electron chi connectivity index (χ2n) is 5.53. The monoisotopic (exact) mass is 308 g/mol. The van der Waals surface area contributed by atoms with Crippen molar-refractivity contribution in [2.75, 3.05) is 30.9 Å². The van der Waals surface area contributed by atoms with Crippen molar-refractivity contribution in [1.82, 2.24) is 4.98 Å². The van der Waals surface area contributed by atoms with Crippen LogP contribution in [0, 0.1) is 5.92 Å². The number of anilines is 1. The van der Waals surface area contributed by atoms with Gasteiger partial charge in [0.2, 0.25) is 5.88 Å². The molecule has 1 saturated heterocycles. The number of hydrogen-bond acceptors (Lipinski definition) is 5. The van der Waals surface area contributed by atoms with Gasteiger partial charge in [-0.3, -0.25) is 4.79 Å². The summed E-state index contributed by atoms with van der Waals surface area (Å²) in [7, 11) is 1.65. The second-order valence-corrected chi connectivity index (χ2v) is 6.62. The van der Waals surface area contributed by atoms with Gasteiger partial charge in [0, 0.05) is 13.1 Å². The molecule has 1 aromatic heterocycles. The molecular formula is C15H20N2O3S. The first-order valence-corrected chi connectivity index (χ1v) is 8.36. The van der Waals surface area contributed by atoms with Gasteiger partial charge in [0.1, 0.15) is 10.7 Å². The molecule has 114 valence electrons. The van der Waals surface area contributed by atoms with E-state index in [1.165, 1.54) is 12.0 Å². The number of rotatable bonds is 3. The lowest BCUT2D eigenvalue weighted by molar-refractivity contribution is -0.142. The maximum Gasteiger partial charge on any atom is 0.306 e. The van der Waals surface area contributed by atoms with Crippen molar-refractivity contribution in [1.29, 1.82) is 0 Å². The first-order valence-electron chi connectivity index (χ1n) is 7.37. The fraction of sp³-hybridized carbons (Fsp3) is 0.600. The SMILES string of the molecule is COc1nc2c(cc1N1CCC(C(=O)O)CC1)CCCS2. The van der Waals surface area contributed by atoms with Gasteiger partial charge in [-0.15, -0.1) is 11.8 Å². The first kappa shape index (κ1) is 14.5. The van der Waals surface area contributed by atoms with Crippen LogP contribution in [0.2, 0.25) is 0 Å². The number of hydrogen-bond donors (Lipinski definition) is 1. The van der Waals surface area contributed by atoms with Gasteiger partial charge in [-0.1, -0.05) is 0 Å². The molecule has 5 nitrogen and oxygen atoms in total. The lowest BCUT2D eigenvalue weighted by Crippen LogP contribution is -2.36. The highest BCUT2D eigenvalue weighted by Gasteiger charge is 2.27. The van der Waals surface area contributed by atoms with Crippen LogP contribution in [0.15, 0.2) is 11.1 Å². The van der Waals surface area contributed by atoms with Crippen LogP contribution in [0.4, 0.5) is 5.69 Å². The van der Waals surface area contributed by atoms with E-state index in [2.05, 4.69) is 16.0 Å². The Morgan fingerprint density at radius 2 is 2.24 bits per heavy atom. The van der Waals surface area contributed by atoms with E-state index >= 15 is 0 Å². The Hall–Kier alpha value is -1.43. The highest BCUT2D eigenvalue weighted by molar-refractivity contribution is 7.99. The summed E-state index contributed by atoms with van der Waals surface area (Å²) in [5, 5.41) is 10.2. The summed E-state index contributed by atoms with van der Waals surface area (Å²) >= 11 is 1.79. The molecule has 0 saturated carbocycles. The van der Waals surface area contributed by atoms with E-state index in [1.807, 2.05) is 0 Å². The van der Waals surface area contributed by atoms with Gasteiger partial charge in [0.05, 0.1) is 13.0 Å². The fourth-order valence-corrected chi connectivity index (χ4v) is 3.97. The molecule has 0 atom stereocenters. The third-order valence-corrected chi connectivity index (χ3v) is 5.34. The molecule has 3 rings (SSSR count). The minimum absolute atomic E-state index is 0.214. The average Bonchev–Trinajstić information content (AvgIpc) is 2.53. The predicted molar refractivity (Wildman–Crippen MR) is 82.4 cm³/mol. The molecule has 0 aliphatic carbocycles. The van der Waals surface area contributed by atoms with Crippen molar-refractivity contribution in [3.63, 3.8) is 0 Å². The molecule has 0 bridgehead atoms. The van der Waals surface area contributed by atoms with Gasteiger partial charge in [-0.05, 0) is 43.1 Å². The van der Waals surface area contributed by atoms with Crippen molar-refractivity contribution in [3.05, 3.63) is 11.6 Å². The minimum Gasteiger partial charge on any atom is -0.481 e. The van der Waals surface area contributed by atoms with E-state index in [9.17, 15) is 4.79 Å². The summed E-state index contributed by atoms with van der Waals surface area (Å²) in [6.45, 7) is 1.50. The van der Waals surface area contributed by atoms with Crippen LogP contribution in [0.1, 0.15) is 24.8 Å². The van der Waals surface area contributed by atoms with Gasteiger partial charge < -0.3 is 14.7 Å². The number of ether oxygens (including phenoxy) is 1. The van der Waals surface area contributed by atoms with E-state index in [1.54, 1.807) is 18.9 Å². The zero-order chi connectivity index (χ0) is 14.8. The molecule has 3 heterocycles. The van der Waals surface area contributed by atoms with Crippen LogP contribution < -0.4 is 9.64 Å². The topological polar surface area (TPSA) is 62.7 Å². The summed E-state index contributed by atoms with van der Waals surface area (Å²) in [5.74, 6) is 0.888.